The molecule has 3 aromatic rings. The maximum Gasteiger partial charge on any atom is 0.115 e. The van der Waals surface area contributed by atoms with Gasteiger partial charge < -0.3 is 18.9 Å². The van der Waals surface area contributed by atoms with E-state index in [1.807, 2.05) is 61.5 Å². The van der Waals surface area contributed by atoms with Crippen LogP contribution in [0.25, 0.3) is 0 Å². The summed E-state index contributed by atoms with van der Waals surface area (Å²) in [7, 11) is 0. The van der Waals surface area contributed by atoms with Gasteiger partial charge in [-0.15, -0.1) is 0 Å². The van der Waals surface area contributed by atoms with Crippen LogP contribution in [0.2, 0.25) is 0 Å². The summed E-state index contributed by atoms with van der Waals surface area (Å²) in [4.78, 5) is 0. The van der Waals surface area contributed by atoms with E-state index >= 15 is 0 Å². The van der Waals surface area contributed by atoms with Crippen LogP contribution in [0, 0.1) is 0 Å². The lowest BCUT2D eigenvalue weighted by atomic mass is 10.1. The number of hydrogen-bond donors (Lipinski definition) is 0. The summed E-state index contributed by atoms with van der Waals surface area (Å²) < 4.78 is 24.8. The molecule has 1 heterocycles. The van der Waals surface area contributed by atoms with Gasteiger partial charge in [0.15, 0.2) is 0 Å². The van der Waals surface area contributed by atoms with Gasteiger partial charge in [-0.25, -0.2) is 0 Å². The lowest BCUT2D eigenvalue weighted by Crippen LogP contribution is -2.38. The lowest BCUT2D eigenvalue weighted by Gasteiger charge is -2.24. The van der Waals surface area contributed by atoms with E-state index in [9.17, 15) is 0 Å². The molecular formula is C27H30O4. The Labute approximate surface area is 184 Å². The molecule has 3 aromatic carbocycles. The van der Waals surface area contributed by atoms with Gasteiger partial charge in [-0.2, -0.15) is 0 Å². The Morgan fingerprint density at radius 1 is 0.613 bits per heavy atom. The molecule has 4 nitrogen and oxygen atoms in total. The third-order valence-corrected chi connectivity index (χ3v) is 5.51. The highest BCUT2D eigenvalue weighted by Crippen LogP contribution is 2.29. The first-order valence-electron chi connectivity index (χ1n) is 10.9. The normalized spacial score (nSPS) is 23.1. The van der Waals surface area contributed by atoms with Crippen molar-refractivity contribution in [1.29, 1.82) is 0 Å². The average Bonchev–Trinajstić information content (AvgIpc) is 3.12. The third-order valence-electron chi connectivity index (χ3n) is 5.51. The number of rotatable bonds is 10. The monoisotopic (exact) mass is 418 g/mol. The van der Waals surface area contributed by atoms with Crippen LogP contribution in [0.4, 0.5) is 0 Å². The van der Waals surface area contributed by atoms with Gasteiger partial charge in [-0.05, 0) is 23.6 Å². The van der Waals surface area contributed by atoms with Gasteiger partial charge in [0.05, 0.1) is 32.5 Å². The fourth-order valence-corrected chi connectivity index (χ4v) is 3.88. The number of ether oxygens (including phenoxy) is 4. The molecule has 0 N–H and O–H groups in total. The zero-order valence-corrected chi connectivity index (χ0v) is 17.9. The van der Waals surface area contributed by atoms with Crippen molar-refractivity contribution in [3.63, 3.8) is 0 Å². The molecule has 4 atom stereocenters. The summed E-state index contributed by atoms with van der Waals surface area (Å²) in [5.41, 5.74) is 3.42. The third kappa shape index (κ3) is 6.25. The molecule has 162 valence electrons. The van der Waals surface area contributed by atoms with Crippen LogP contribution in [0.5, 0.6) is 0 Å². The predicted molar refractivity (Wildman–Crippen MR) is 120 cm³/mol. The van der Waals surface area contributed by atoms with Gasteiger partial charge in [0.2, 0.25) is 0 Å². The fraction of sp³-hybridized carbons (Fsp3) is 0.333. The molecule has 1 aliphatic heterocycles. The average molecular weight is 419 g/mol. The zero-order valence-electron chi connectivity index (χ0n) is 17.9. The summed E-state index contributed by atoms with van der Waals surface area (Å²) in [5.74, 6) is 0. The van der Waals surface area contributed by atoms with Crippen LogP contribution < -0.4 is 0 Å². The highest BCUT2D eigenvalue weighted by atomic mass is 16.6. The first kappa shape index (κ1) is 21.7. The van der Waals surface area contributed by atoms with Gasteiger partial charge in [0.25, 0.3) is 0 Å². The second-order valence-electron chi connectivity index (χ2n) is 7.90. The van der Waals surface area contributed by atoms with Crippen LogP contribution in [0.15, 0.2) is 91.0 Å². The highest BCUT2D eigenvalue weighted by Gasteiger charge is 2.44. The van der Waals surface area contributed by atoms with Crippen molar-refractivity contribution in [3.05, 3.63) is 108 Å². The number of hydrogen-bond acceptors (Lipinski definition) is 4. The topological polar surface area (TPSA) is 36.9 Å². The Balaban J connectivity index is 1.39. The van der Waals surface area contributed by atoms with Crippen molar-refractivity contribution in [2.24, 2.45) is 0 Å². The Morgan fingerprint density at radius 3 is 1.58 bits per heavy atom. The molecule has 1 saturated heterocycles. The van der Waals surface area contributed by atoms with Crippen molar-refractivity contribution in [2.45, 2.75) is 51.2 Å². The van der Waals surface area contributed by atoms with Crippen molar-refractivity contribution >= 4 is 0 Å². The van der Waals surface area contributed by atoms with Gasteiger partial charge >= 0.3 is 0 Å². The second-order valence-corrected chi connectivity index (χ2v) is 7.90. The molecule has 4 heteroatoms. The van der Waals surface area contributed by atoms with Crippen molar-refractivity contribution in [3.8, 4) is 0 Å². The first-order valence-corrected chi connectivity index (χ1v) is 10.9. The standard InChI is InChI=1S/C27H30O4/c1-21-26(29-18-23-13-7-3-8-14-23)27(30-19-24-15-9-4-10-16-24)25(31-21)20-28-17-22-11-5-2-6-12-22/h2-16,21,25-27H,17-20H2,1H3/t21-,25-,26?,27?/m1/s1. The predicted octanol–water partition coefficient (Wildman–Crippen LogP) is 5.16. The molecule has 0 aliphatic carbocycles. The Hall–Kier alpha value is -2.50. The van der Waals surface area contributed by atoms with Crippen molar-refractivity contribution in [1.82, 2.24) is 0 Å². The van der Waals surface area contributed by atoms with Crippen LogP contribution in [-0.4, -0.2) is 31.0 Å². The molecular weight excluding hydrogens is 388 g/mol. The summed E-state index contributed by atoms with van der Waals surface area (Å²) in [6.45, 7) is 4.11. The summed E-state index contributed by atoms with van der Waals surface area (Å²) in [6.07, 6.45) is -0.609. The van der Waals surface area contributed by atoms with Crippen LogP contribution >= 0.6 is 0 Å². The van der Waals surface area contributed by atoms with E-state index in [0.717, 1.165) is 16.7 Å². The zero-order chi connectivity index (χ0) is 21.3. The number of benzene rings is 3. The minimum Gasteiger partial charge on any atom is -0.374 e. The van der Waals surface area contributed by atoms with Gasteiger partial charge in [0.1, 0.15) is 18.3 Å². The SMILES string of the molecule is C[C@H]1O[C@H](COCc2ccccc2)C(OCc2ccccc2)C1OCc1ccccc1. The molecule has 1 aliphatic rings. The fourth-order valence-electron chi connectivity index (χ4n) is 3.88. The molecule has 0 bridgehead atoms. The molecule has 0 aromatic heterocycles. The molecule has 2 unspecified atom stereocenters. The Morgan fingerprint density at radius 2 is 1.06 bits per heavy atom. The molecule has 0 spiro atoms. The molecule has 0 saturated carbocycles. The van der Waals surface area contributed by atoms with Gasteiger partial charge in [0, 0.05) is 0 Å². The summed E-state index contributed by atoms with van der Waals surface area (Å²) in [6, 6.07) is 30.6. The molecule has 31 heavy (non-hydrogen) atoms. The Kier molecular flexibility index (Phi) is 7.86. The second kappa shape index (κ2) is 11.2. The minimum atomic E-state index is -0.199. The van der Waals surface area contributed by atoms with E-state index in [0.29, 0.717) is 26.4 Å². The van der Waals surface area contributed by atoms with E-state index in [2.05, 4.69) is 36.4 Å². The maximum absolute atomic E-state index is 6.35. The quantitative estimate of drug-likeness (QED) is 0.456. The molecule has 4 rings (SSSR count). The van der Waals surface area contributed by atoms with Crippen molar-refractivity contribution < 1.29 is 18.9 Å². The van der Waals surface area contributed by atoms with E-state index in [-0.39, 0.29) is 24.4 Å². The molecule has 0 radical (unpaired) electrons. The van der Waals surface area contributed by atoms with Crippen molar-refractivity contribution in [2.75, 3.05) is 6.61 Å². The molecule has 1 fully saturated rings. The molecule has 0 amide bonds. The van der Waals surface area contributed by atoms with E-state index in [4.69, 9.17) is 18.9 Å². The van der Waals surface area contributed by atoms with E-state index < -0.39 is 0 Å². The minimum absolute atomic E-state index is 0.0742. The smallest absolute Gasteiger partial charge is 0.115 e. The first-order chi connectivity index (χ1) is 15.3. The van der Waals surface area contributed by atoms with E-state index in [1.54, 1.807) is 0 Å². The Bertz CT molecular complexity index is 885. The largest absolute Gasteiger partial charge is 0.374 e. The van der Waals surface area contributed by atoms with Crippen LogP contribution in [0.3, 0.4) is 0 Å². The van der Waals surface area contributed by atoms with Crippen LogP contribution in [-0.2, 0) is 38.8 Å². The highest BCUT2D eigenvalue weighted by molar-refractivity contribution is 5.15. The van der Waals surface area contributed by atoms with E-state index in [1.165, 1.54) is 0 Å². The summed E-state index contributed by atoms with van der Waals surface area (Å²) in [5, 5.41) is 0. The van der Waals surface area contributed by atoms with Gasteiger partial charge in [-0.1, -0.05) is 91.0 Å². The van der Waals surface area contributed by atoms with Gasteiger partial charge in [-0.3, -0.25) is 0 Å². The summed E-state index contributed by atoms with van der Waals surface area (Å²) >= 11 is 0. The maximum atomic E-state index is 6.35. The van der Waals surface area contributed by atoms with Crippen LogP contribution in [0.1, 0.15) is 23.6 Å². The lowest BCUT2D eigenvalue weighted by molar-refractivity contribution is -0.0897.